The van der Waals surface area contributed by atoms with E-state index >= 15 is 0 Å². The lowest BCUT2D eigenvalue weighted by Crippen LogP contribution is -2.06. The van der Waals surface area contributed by atoms with Gasteiger partial charge >= 0.3 is 5.97 Å². The molecule has 0 aromatic rings. The van der Waals surface area contributed by atoms with Crippen molar-refractivity contribution in [3.63, 3.8) is 0 Å². The standard InChI is InChI=1S/C16H27NO2/c1-14(2)11-9-7-5-4-6-8-10-12-19-16(18)15(3)13-17/h14H,3-12H2,1-2H3. The predicted octanol–water partition coefficient (Wildman–Crippen LogP) is 4.39. The van der Waals surface area contributed by atoms with Crippen molar-refractivity contribution in [2.45, 2.75) is 65.2 Å². The second-order valence-corrected chi connectivity index (χ2v) is 5.38. The molecule has 0 amide bonds. The van der Waals surface area contributed by atoms with Crippen LogP contribution in [-0.2, 0) is 9.53 Å². The van der Waals surface area contributed by atoms with Crippen LogP contribution in [0.15, 0.2) is 12.2 Å². The third-order valence-electron chi connectivity index (χ3n) is 3.04. The molecule has 0 fully saturated rings. The van der Waals surface area contributed by atoms with E-state index in [9.17, 15) is 4.79 Å². The molecule has 19 heavy (non-hydrogen) atoms. The molecular formula is C16H27NO2. The summed E-state index contributed by atoms with van der Waals surface area (Å²) in [4.78, 5) is 11.1. The van der Waals surface area contributed by atoms with Crippen molar-refractivity contribution in [3.05, 3.63) is 12.2 Å². The molecule has 0 aromatic carbocycles. The van der Waals surface area contributed by atoms with E-state index in [4.69, 9.17) is 10.00 Å². The average molecular weight is 265 g/mol. The van der Waals surface area contributed by atoms with Crippen molar-refractivity contribution >= 4 is 5.97 Å². The molecule has 0 aliphatic carbocycles. The van der Waals surface area contributed by atoms with Crippen molar-refractivity contribution in [1.29, 1.82) is 5.26 Å². The molecule has 0 unspecified atom stereocenters. The van der Waals surface area contributed by atoms with Gasteiger partial charge in [0.25, 0.3) is 0 Å². The van der Waals surface area contributed by atoms with Gasteiger partial charge in [0.2, 0.25) is 0 Å². The second-order valence-electron chi connectivity index (χ2n) is 5.38. The van der Waals surface area contributed by atoms with Crippen molar-refractivity contribution in [2.24, 2.45) is 5.92 Å². The van der Waals surface area contributed by atoms with Crippen LogP contribution in [0.3, 0.4) is 0 Å². The lowest BCUT2D eigenvalue weighted by molar-refractivity contribution is -0.138. The molecule has 0 radical (unpaired) electrons. The molecule has 0 heterocycles. The molecule has 0 atom stereocenters. The summed E-state index contributed by atoms with van der Waals surface area (Å²) in [6.07, 6.45) is 9.71. The van der Waals surface area contributed by atoms with Crippen LogP contribution in [0.4, 0.5) is 0 Å². The summed E-state index contributed by atoms with van der Waals surface area (Å²) in [6.45, 7) is 8.23. The molecule has 0 aliphatic heterocycles. The van der Waals surface area contributed by atoms with E-state index in [1.165, 1.54) is 38.5 Å². The van der Waals surface area contributed by atoms with E-state index < -0.39 is 5.97 Å². The van der Waals surface area contributed by atoms with Gasteiger partial charge in [-0.2, -0.15) is 5.26 Å². The quantitative estimate of drug-likeness (QED) is 0.241. The number of unbranched alkanes of at least 4 members (excludes halogenated alkanes) is 6. The zero-order valence-corrected chi connectivity index (χ0v) is 12.4. The van der Waals surface area contributed by atoms with Gasteiger partial charge in [-0.25, -0.2) is 4.79 Å². The molecule has 0 aromatic heterocycles. The van der Waals surface area contributed by atoms with Crippen molar-refractivity contribution in [3.8, 4) is 6.07 Å². The summed E-state index contributed by atoms with van der Waals surface area (Å²) in [7, 11) is 0. The van der Waals surface area contributed by atoms with E-state index in [-0.39, 0.29) is 5.57 Å². The number of carbonyl (C=O) groups is 1. The Morgan fingerprint density at radius 1 is 1.11 bits per heavy atom. The molecule has 3 nitrogen and oxygen atoms in total. The Morgan fingerprint density at radius 3 is 2.16 bits per heavy atom. The molecule has 108 valence electrons. The normalized spacial score (nSPS) is 10.2. The summed E-state index contributed by atoms with van der Waals surface area (Å²) in [6, 6.07) is 1.68. The van der Waals surface area contributed by atoms with Crippen LogP contribution in [0.2, 0.25) is 0 Å². The number of hydrogen-bond donors (Lipinski definition) is 0. The van der Waals surface area contributed by atoms with Gasteiger partial charge < -0.3 is 4.74 Å². The van der Waals surface area contributed by atoms with Gasteiger partial charge in [0, 0.05) is 0 Å². The lowest BCUT2D eigenvalue weighted by atomic mass is 10.0. The highest BCUT2D eigenvalue weighted by atomic mass is 16.5. The molecule has 0 aliphatic rings. The number of rotatable bonds is 11. The summed E-state index contributed by atoms with van der Waals surface area (Å²) in [5.41, 5.74) is -0.120. The fraction of sp³-hybridized carbons (Fsp3) is 0.750. The van der Waals surface area contributed by atoms with Crippen LogP contribution < -0.4 is 0 Å². The van der Waals surface area contributed by atoms with E-state index in [2.05, 4.69) is 20.4 Å². The SMILES string of the molecule is C=C(C#N)C(=O)OCCCCCCCCCC(C)C. The van der Waals surface area contributed by atoms with Crippen LogP contribution in [-0.4, -0.2) is 12.6 Å². The van der Waals surface area contributed by atoms with Crippen LogP contribution in [0.5, 0.6) is 0 Å². The van der Waals surface area contributed by atoms with Crippen LogP contribution in [0.1, 0.15) is 65.2 Å². The van der Waals surface area contributed by atoms with Crippen molar-refractivity contribution in [2.75, 3.05) is 6.61 Å². The Bertz CT molecular complexity index is 302. The molecular weight excluding hydrogens is 238 g/mol. The Balaban J connectivity index is 3.22. The van der Waals surface area contributed by atoms with E-state index in [1.807, 2.05) is 0 Å². The van der Waals surface area contributed by atoms with Crippen LogP contribution in [0.25, 0.3) is 0 Å². The maximum Gasteiger partial charge on any atom is 0.348 e. The summed E-state index contributed by atoms with van der Waals surface area (Å²) < 4.78 is 4.91. The maximum atomic E-state index is 11.1. The Morgan fingerprint density at radius 2 is 1.63 bits per heavy atom. The van der Waals surface area contributed by atoms with Gasteiger partial charge in [0.1, 0.15) is 11.6 Å². The fourth-order valence-electron chi connectivity index (χ4n) is 1.84. The molecule has 0 saturated carbocycles. The zero-order valence-electron chi connectivity index (χ0n) is 12.4. The Kier molecular flexibility index (Phi) is 11.0. The topological polar surface area (TPSA) is 50.1 Å². The van der Waals surface area contributed by atoms with Gasteiger partial charge in [0.15, 0.2) is 0 Å². The number of ether oxygens (including phenoxy) is 1. The fourth-order valence-corrected chi connectivity index (χ4v) is 1.84. The van der Waals surface area contributed by atoms with E-state index in [0.717, 1.165) is 18.8 Å². The van der Waals surface area contributed by atoms with Gasteiger partial charge in [-0.3, -0.25) is 0 Å². The minimum atomic E-state index is -0.587. The highest BCUT2D eigenvalue weighted by Crippen LogP contribution is 2.12. The maximum absolute atomic E-state index is 11.1. The Hall–Kier alpha value is -1.30. The minimum absolute atomic E-state index is 0.120. The highest BCUT2D eigenvalue weighted by molar-refractivity contribution is 5.91. The first-order valence-corrected chi connectivity index (χ1v) is 7.34. The zero-order chi connectivity index (χ0) is 14.5. The van der Waals surface area contributed by atoms with E-state index in [1.54, 1.807) is 6.07 Å². The lowest BCUT2D eigenvalue weighted by Gasteiger charge is -2.05. The molecule has 0 N–H and O–H groups in total. The van der Waals surface area contributed by atoms with Gasteiger partial charge in [-0.15, -0.1) is 0 Å². The minimum Gasteiger partial charge on any atom is -0.462 e. The van der Waals surface area contributed by atoms with Crippen molar-refractivity contribution < 1.29 is 9.53 Å². The molecule has 0 bridgehead atoms. The smallest absolute Gasteiger partial charge is 0.348 e. The third-order valence-corrected chi connectivity index (χ3v) is 3.04. The van der Waals surface area contributed by atoms with Gasteiger partial charge in [0.05, 0.1) is 6.61 Å². The highest BCUT2D eigenvalue weighted by Gasteiger charge is 2.06. The first-order valence-electron chi connectivity index (χ1n) is 7.34. The molecule has 0 spiro atoms. The number of esters is 1. The first kappa shape index (κ1) is 17.7. The van der Waals surface area contributed by atoms with Crippen LogP contribution in [0, 0.1) is 17.2 Å². The molecule has 0 saturated heterocycles. The monoisotopic (exact) mass is 265 g/mol. The second kappa shape index (κ2) is 11.8. The number of nitriles is 1. The molecule has 0 rings (SSSR count). The Labute approximate surface area is 117 Å². The first-order chi connectivity index (χ1) is 9.07. The van der Waals surface area contributed by atoms with E-state index in [0.29, 0.717) is 6.61 Å². The number of hydrogen-bond acceptors (Lipinski definition) is 3. The summed E-state index contributed by atoms with van der Waals surface area (Å²) >= 11 is 0. The van der Waals surface area contributed by atoms with Gasteiger partial charge in [-0.05, 0) is 12.3 Å². The third kappa shape index (κ3) is 11.5. The number of carbonyl (C=O) groups excluding carboxylic acids is 1. The molecule has 3 heteroatoms. The van der Waals surface area contributed by atoms with Crippen molar-refractivity contribution in [1.82, 2.24) is 0 Å². The average Bonchev–Trinajstić information content (AvgIpc) is 2.39. The summed E-state index contributed by atoms with van der Waals surface area (Å²) in [5.74, 6) is 0.231. The predicted molar refractivity (Wildman–Crippen MR) is 77.5 cm³/mol. The van der Waals surface area contributed by atoms with Gasteiger partial charge in [-0.1, -0.05) is 65.4 Å². The summed E-state index contributed by atoms with van der Waals surface area (Å²) in [5, 5.41) is 8.43. The van der Waals surface area contributed by atoms with Crippen LogP contribution >= 0.6 is 0 Å². The number of nitrogens with zero attached hydrogens (tertiary/aromatic N) is 1. The largest absolute Gasteiger partial charge is 0.462 e.